The zero-order valence-electron chi connectivity index (χ0n) is 40.7. The van der Waals surface area contributed by atoms with Crippen LogP contribution < -0.4 is 0 Å². The van der Waals surface area contributed by atoms with Crippen molar-refractivity contribution in [3.05, 3.63) is 23.3 Å². The normalized spacial score (nSPS) is 49.1. The van der Waals surface area contributed by atoms with Crippen LogP contribution in [0.4, 0.5) is 0 Å². The van der Waals surface area contributed by atoms with Crippen molar-refractivity contribution in [2.24, 2.45) is 22.7 Å². The van der Waals surface area contributed by atoms with E-state index in [1.54, 1.807) is 35.2 Å². The number of aliphatic hydroxyl groups excluding tert-OH is 1. The summed E-state index contributed by atoms with van der Waals surface area (Å²) in [6, 6.07) is 0. The molecule has 4 aliphatic carbocycles. The number of ketones is 1. The molecule has 4 N–H and O–H groups in total. The molecule has 0 amide bonds. The Morgan fingerprint density at radius 1 is 0.769 bits per heavy atom. The Kier molecular flexibility index (Phi) is 15.0. The van der Waals surface area contributed by atoms with Gasteiger partial charge in [-0.2, -0.15) is 0 Å². The van der Waals surface area contributed by atoms with Gasteiger partial charge in [-0.25, -0.2) is 4.79 Å². The lowest BCUT2D eigenvalue weighted by Crippen LogP contribution is -2.78. The van der Waals surface area contributed by atoms with Gasteiger partial charge in [0.2, 0.25) is 0 Å². The van der Waals surface area contributed by atoms with Crippen LogP contribution in [0, 0.1) is 22.7 Å². The maximum Gasteiger partial charge on any atom is 0.330 e. The second kappa shape index (κ2) is 19.1. The molecule has 0 aromatic heterocycles. The molecule has 16 nitrogen and oxygen atoms in total. The van der Waals surface area contributed by atoms with Crippen LogP contribution in [0.3, 0.4) is 0 Å². The first-order chi connectivity index (χ1) is 30.5. The highest BCUT2D eigenvalue weighted by Gasteiger charge is 2.81. The average molecular weight is 923 g/mol. The van der Waals surface area contributed by atoms with E-state index in [-0.39, 0.29) is 49.9 Å². The predicted molar refractivity (Wildman–Crippen MR) is 234 cm³/mol. The molecule has 0 radical (unpaired) electrons. The second-order valence-corrected chi connectivity index (χ2v) is 21.0. The summed E-state index contributed by atoms with van der Waals surface area (Å²) < 4.78 is 62.1. The van der Waals surface area contributed by atoms with E-state index in [0.717, 1.165) is 11.1 Å². The van der Waals surface area contributed by atoms with Gasteiger partial charge < -0.3 is 67.8 Å². The molecule has 65 heavy (non-hydrogen) atoms. The minimum absolute atomic E-state index is 0.0276. The lowest BCUT2D eigenvalue weighted by molar-refractivity contribution is -0.338. The molecule has 0 spiro atoms. The number of ether oxygens (including phenoxy) is 10. The van der Waals surface area contributed by atoms with E-state index in [1.807, 2.05) is 40.7 Å². The largest absolute Gasteiger partial charge is 0.458 e. The fourth-order valence-electron chi connectivity index (χ4n) is 12.9. The van der Waals surface area contributed by atoms with Crippen LogP contribution in [0.25, 0.3) is 0 Å². The molecule has 20 atom stereocenters. The van der Waals surface area contributed by atoms with E-state index in [1.165, 1.54) is 13.0 Å². The van der Waals surface area contributed by atoms with Gasteiger partial charge in [-0.1, -0.05) is 38.0 Å². The number of rotatable bonds is 13. The fourth-order valence-corrected chi connectivity index (χ4v) is 12.9. The van der Waals surface area contributed by atoms with Crippen LogP contribution in [-0.4, -0.2) is 156 Å². The lowest BCUT2D eigenvalue weighted by Gasteiger charge is -2.67. The number of hydrogen-bond acceptors (Lipinski definition) is 16. The Labute approximate surface area is 384 Å². The SMILES string of the molecule is COC1CC(OC2C(C)OC(OC3C(C)OC(OC4CCC5(C)C(=CCC6(O)C5CC(OC(=O)/C=C(\C)C(C)C)C5(C)C(O)(C(C)=O)CCC65O)C4)CC3OC)CC2OC)OC(C)C1O. The summed E-state index contributed by atoms with van der Waals surface area (Å²) in [4.78, 5) is 26.8. The van der Waals surface area contributed by atoms with Gasteiger partial charge in [0.25, 0.3) is 0 Å². The van der Waals surface area contributed by atoms with Crippen LogP contribution in [0.2, 0.25) is 0 Å². The molecule has 3 aliphatic heterocycles. The van der Waals surface area contributed by atoms with Crippen molar-refractivity contribution < 1.29 is 77.4 Å². The first-order valence-corrected chi connectivity index (χ1v) is 24.0. The summed E-state index contributed by atoms with van der Waals surface area (Å²) in [5.41, 5.74) is -6.04. The number of carbonyl (C=O) groups excluding carboxylic acids is 2. The molecule has 3 saturated carbocycles. The maximum atomic E-state index is 13.5. The maximum absolute atomic E-state index is 13.5. The van der Waals surface area contributed by atoms with Gasteiger partial charge in [0, 0.05) is 52.6 Å². The van der Waals surface area contributed by atoms with Crippen molar-refractivity contribution in [1.82, 2.24) is 0 Å². The third-order valence-corrected chi connectivity index (χ3v) is 17.4. The molecular weight excluding hydrogens is 845 g/mol. The summed E-state index contributed by atoms with van der Waals surface area (Å²) >= 11 is 0. The van der Waals surface area contributed by atoms with Crippen molar-refractivity contribution in [2.45, 2.75) is 229 Å². The summed E-state index contributed by atoms with van der Waals surface area (Å²) in [5.74, 6) is -1.59. The van der Waals surface area contributed by atoms with E-state index in [9.17, 15) is 30.0 Å². The van der Waals surface area contributed by atoms with Crippen molar-refractivity contribution in [1.29, 1.82) is 0 Å². The first-order valence-electron chi connectivity index (χ1n) is 24.0. The molecule has 20 unspecified atom stereocenters. The summed E-state index contributed by atoms with van der Waals surface area (Å²) in [7, 11) is 4.84. The molecule has 7 rings (SSSR count). The molecule has 0 aromatic rings. The molecule has 3 heterocycles. The van der Waals surface area contributed by atoms with E-state index in [2.05, 4.69) is 6.92 Å². The third-order valence-electron chi connectivity index (χ3n) is 17.4. The van der Waals surface area contributed by atoms with Crippen molar-refractivity contribution >= 4 is 11.8 Å². The Balaban J connectivity index is 1.01. The Bertz CT molecular complexity index is 1790. The number of hydrogen-bond donors (Lipinski definition) is 4. The zero-order chi connectivity index (χ0) is 47.6. The van der Waals surface area contributed by atoms with Crippen LogP contribution >= 0.6 is 0 Å². The Morgan fingerprint density at radius 2 is 1.31 bits per heavy atom. The molecule has 6 fully saturated rings. The molecule has 370 valence electrons. The molecular formula is C49H78O16. The topological polar surface area (TPSA) is 207 Å². The summed E-state index contributed by atoms with van der Waals surface area (Å²) in [6.07, 6.45) is -0.620. The number of esters is 1. The molecule has 7 aliphatic rings. The van der Waals surface area contributed by atoms with E-state index in [4.69, 9.17) is 47.4 Å². The minimum atomic E-state index is -2.02. The highest BCUT2D eigenvalue weighted by atomic mass is 16.7. The van der Waals surface area contributed by atoms with Crippen LogP contribution in [0.15, 0.2) is 23.3 Å². The molecule has 0 aromatic carbocycles. The number of carbonyl (C=O) groups is 2. The van der Waals surface area contributed by atoms with Gasteiger partial charge in [-0.3, -0.25) is 4.79 Å². The zero-order valence-corrected chi connectivity index (χ0v) is 40.7. The van der Waals surface area contributed by atoms with Gasteiger partial charge in [0.15, 0.2) is 24.7 Å². The van der Waals surface area contributed by atoms with Crippen molar-refractivity contribution in [3.63, 3.8) is 0 Å². The van der Waals surface area contributed by atoms with Crippen LogP contribution in [0.1, 0.15) is 127 Å². The van der Waals surface area contributed by atoms with Gasteiger partial charge in [-0.15, -0.1) is 0 Å². The number of Topliss-reactive ketones (excluding diaryl/α,β-unsaturated/α-hetero) is 1. The predicted octanol–water partition coefficient (Wildman–Crippen LogP) is 4.59. The van der Waals surface area contributed by atoms with Crippen LogP contribution in [-0.2, 0) is 57.0 Å². The van der Waals surface area contributed by atoms with Crippen LogP contribution in [0.5, 0.6) is 0 Å². The molecule has 3 saturated heterocycles. The number of fused-ring (bicyclic) bond motifs is 5. The Morgan fingerprint density at radius 3 is 1.85 bits per heavy atom. The summed E-state index contributed by atoms with van der Waals surface area (Å²) in [6.45, 7) is 16.4. The lowest BCUT2D eigenvalue weighted by atomic mass is 9.42. The average Bonchev–Trinajstić information content (AvgIpc) is 3.48. The third kappa shape index (κ3) is 8.75. The van der Waals surface area contributed by atoms with Gasteiger partial charge >= 0.3 is 5.97 Å². The Hall–Kier alpha value is -1.90. The van der Waals surface area contributed by atoms with Crippen molar-refractivity contribution in [3.8, 4) is 0 Å². The summed E-state index contributed by atoms with van der Waals surface area (Å²) in [5, 5.41) is 48.3. The van der Waals surface area contributed by atoms with E-state index >= 15 is 0 Å². The van der Waals surface area contributed by atoms with E-state index in [0.29, 0.717) is 38.5 Å². The molecule has 16 heteroatoms. The van der Waals surface area contributed by atoms with Gasteiger partial charge in [0.05, 0.1) is 48.1 Å². The van der Waals surface area contributed by atoms with Crippen molar-refractivity contribution in [2.75, 3.05) is 21.3 Å². The van der Waals surface area contributed by atoms with Gasteiger partial charge in [-0.05, 0) is 97.8 Å². The smallest absolute Gasteiger partial charge is 0.330 e. The van der Waals surface area contributed by atoms with Gasteiger partial charge in [0.1, 0.15) is 41.2 Å². The second-order valence-electron chi connectivity index (χ2n) is 21.0. The standard InChI is InChI=1S/C49H78O16/c1-25(2)26(3)19-38(51)63-37-24-36-45(8)15-14-32(20-31(45)13-16-48(36,54)49(55)18-17-47(53,30(7)50)46(37,49)9)62-39-22-34(57-11)43(28(5)60-39)65-41-23-35(58-12)44(29(6)61-41)64-40-21-33(56-10)42(52)27(4)59-40/h13,19,25,27-29,32-37,39-44,52-55H,14-18,20-24H2,1-12H3/b26-19+. The highest BCUT2D eigenvalue weighted by Crippen LogP contribution is 2.71. The quantitative estimate of drug-likeness (QED) is 0.113. The van der Waals surface area contributed by atoms with E-state index < -0.39 is 113 Å². The number of methoxy groups -OCH3 is 3. The number of allylic oxidation sites excluding steroid dienone is 1. The monoisotopic (exact) mass is 923 g/mol. The highest BCUT2D eigenvalue weighted by molar-refractivity contribution is 5.87. The fraction of sp³-hybridized carbons (Fsp3) is 0.878. The molecule has 0 bridgehead atoms. The first kappa shape index (κ1) is 51.0. The number of aliphatic hydroxyl groups is 4. The minimum Gasteiger partial charge on any atom is -0.458 e.